The molecule has 0 saturated carbocycles. The van der Waals surface area contributed by atoms with Crippen LogP contribution in [0.2, 0.25) is 0 Å². The summed E-state index contributed by atoms with van der Waals surface area (Å²) in [6, 6.07) is 6.30. The van der Waals surface area contributed by atoms with E-state index in [9.17, 15) is 0 Å². The molecule has 1 unspecified atom stereocenters. The number of hydrogen-bond acceptors (Lipinski definition) is 3. The van der Waals surface area contributed by atoms with Gasteiger partial charge < -0.3 is 15.0 Å². The molecule has 108 valence electrons. The fourth-order valence-corrected chi connectivity index (χ4v) is 3.08. The van der Waals surface area contributed by atoms with Gasteiger partial charge in [-0.1, -0.05) is 19.9 Å². The lowest BCUT2D eigenvalue weighted by molar-refractivity contribution is 0.418. The summed E-state index contributed by atoms with van der Waals surface area (Å²) in [6.07, 6.45) is 4.17. The SMILES string of the molecule is CC(N)Cc1c(N2CCC(C)(C)C2)nc2ccccn12. The van der Waals surface area contributed by atoms with Crippen molar-refractivity contribution in [1.29, 1.82) is 0 Å². The minimum atomic E-state index is 0.143. The number of hydrogen-bond donors (Lipinski definition) is 1. The Balaban J connectivity index is 2.05. The Labute approximate surface area is 120 Å². The van der Waals surface area contributed by atoms with E-state index in [0.29, 0.717) is 5.41 Å². The van der Waals surface area contributed by atoms with Gasteiger partial charge in [0.05, 0.1) is 5.69 Å². The molecule has 0 amide bonds. The fourth-order valence-electron chi connectivity index (χ4n) is 3.08. The van der Waals surface area contributed by atoms with E-state index in [4.69, 9.17) is 10.7 Å². The topological polar surface area (TPSA) is 46.6 Å². The zero-order chi connectivity index (χ0) is 14.3. The van der Waals surface area contributed by atoms with Gasteiger partial charge in [-0.25, -0.2) is 4.98 Å². The Kier molecular flexibility index (Phi) is 3.21. The third kappa shape index (κ3) is 2.40. The second-order valence-corrected chi connectivity index (χ2v) is 6.83. The van der Waals surface area contributed by atoms with Crippen molar-refractivity contribution in [2.75, 3.05) is 18.0 Å². The molecule has 1 atom stereocenters. The highest BCUT2D eigenvalue weighted by Crippen LogP contribution is 2.34. The van der Waals surface area contributed by atoms with Crippen molar-refractivity contribution in [3.05, 3.63) is 30.1 Å². The summed E-state index contributed by atoms with van der Waals surface area (Å²) in [7, 11) is 0. The Bertz CT molecular complexity index is 612. The number of pyridine rings is 1. The first kappa shape index (κ1) is 13.4. The lowest BCUT2D eigenvalue weighted by Crippen LogP contribution is -2.26. The molecule has 1 aliphatic rings. The van der Waals surface area contributed by atoms with Crippen LogP contribution in [0.5, 0.6) is 0 Å². The Hall–Kier alpha value is -1.55. The first-order valence-electron chi connectivity index (χ1n) is 7.43. The summed E-state index contributed by atoms with van der Waals surface area (Å²) in [5.41, 5.74) is 8.67. The van der Waals surface area contributed by atoms with Gasteiger partial charge in [0, 0.05) is 31.7 Å². The number of nitrogens with two attached hydrogens (primary N) is 1. The van der Waals surface area contributed by atoms with E-state index in [1.54, 1.807) is 0 Å². The molecule has 0 spiro atoms. The number of fused-ring (bicyclic) bond motifs is 1. The van der Waals surface area contributed by atoms with Gasteiger partial charge >= 0.3 is 0 Å². The van der Waals surface area contributed by atoms with Gasteiger partial charge in [0.25, 0.3) is 0 Å². The highest BCUT2D eigenvalue weighted by molar-refractivity contribution is 5.57. The molecule has 0 aliphatic carbocycles. The third-order valence-corrected chi connectivity index (χ3v) is 4.10. The summed E-state index contributed by atoms with van der Waals surface area (Å²) < 4.78 is 2.18. The molecule has 2 aromatic heterocycles. The molecular formula is C16H24N4. The largest absolute Gasteiger partial charge is 0.355 e. The first-order chi connectivity index (χ1) is 9.46. The van der Waals surface area contributed by atoms with Gasteiger partial charge in [-0.3, -0.25) is 0 Å². The third-order valence-electron chi connectivity index (χ3n) is 4.10. The highest BCUT2D eigenvalue weighted by Gasteiger charge is 2.32. The van der Waals surface area contributed by atoms with Crippen molar-refractivity contribution in [2.24, 2.45) is 11.1 Å². The van der Waals surface area contributed by atoms with Crippen molar-refractivity contribution in [1.82, 2.24) is 9.38 Å². The van der Waals surface area contributed by atoms with E-state index in [1.165, 1.54) is 12.1 Å². The standard InChI is InChI=1S/C16H24N4/c1-12(17)10-13-15(19-9-7-16(2,3)11-19)18-14-6-4-5-8-20(13)14/h4-6,8,12H,7,9-11,17H2,1-3H3. The zero-order valence-electron chi connectivity index (χ0n) is 12.6. The smallest absolute Gasteiger partial charge is 0.151 e. The van der Waals surface area contributed by atoms with Crippen molar-refractivity contribution in [3.63, 3.8) is 0 Å². The monoisotopic (exact) mass is 272 g/mol. The van der Waals surface area contributed by atoms with E-state index < -0.39 is 0 Å². The van der Waals surface area contributed by atoms with Crippen LogP contribution >= 0.6 is 0 Å². The molecule has 1 fully saturated rings. The van der Waals surface area contributed by atoms with E-state index >= 15 is 0 Å². The van der Waals surface area contributed by atoms with Crippen LogP contribution < -0.4 is 10.6 Å². The predicted octanol–water partition coefficient (Wildman–Crippen LogP) is 2.46. The minimum absolute atomic E-state index is 0.143. The summed E-state index contributed by atoms with van der Waals surface area (Å²) in [5, 5.41) is 0. The van der Waals surface area contributed by atoms with Crippen molar-refractivity contribution < 1.29 is 0 Å². The lowest BCUT2D eigenvalue weighted by atomic mass is 9.93. The van der Waals surface area contributed by atoms with Gasteiger partial charge in [-0.05, 0) is 30.9 Å². The lowest BCUT2D eigenvalue weighted by Gasteiger charge is -2.21. The van der Waals surface area contributed by atoms with Crippen LogP contribution in [-0.4, -0.2) is 28.5 Å². The summed E-state index contributed by atoms with van der Waals surface area (Å²) in [4.78, 5) is 7.27. The van der Waals surface area contributed by atoms with E-state index in [2.05, 4.69) is 48.4 Å². The molecule has 4 nitrogen and oxygen atoms in total. The summed E-state index contributed by atoms with van der Waals surface area (Å²) in [5.74, 6) is 1.12. The molecule has 0 radical (unpaired) electrons. The second kappa shape index (κ2) is 4.77. The number of imidazole rings is 1. The summed E-state index contributed by atoms with van der Waals surface area (Å²) in [6.45, 7) is 8.87. The van der Waals surface area contributed by atoms with Crippen molar-refractivity contribution in [2.45, 2.75) is 39.7 Å². The van der Waals surface area contributed by atoms with E-state index in [-0.39, 0.29) is 6.04 Å². The maximum absolute atomic E-state index is 6.04. The predicted molar refractivity (Wildman–Crippen MR) is 83.2 cm³/mol. The fraction of sp³-hybridized carbons (Fsp3) is 0.562. The van der Waals surface area contributed by atoms with Gasteiger partial charge in [-0.2, -0.15) is 0 Å². The molecule has 2 N–H and O–H groups in total. The zero-order valence-corrected chi connectivity index (χ0v) is 12.6. The van der Waals surface area contributed by atoms with Crippen LogP contribution in [0.15, 0.2) is 24.4 Å². The number of anilines is 1. The Morgan fingerprint density at radius 2 is 2.20 bits per heavy atom. The normalized spacial score (nSPS) is 19.7. The molecule has 2 aromatic rings. The van der Waals surface area contributed by atoms with Crippen LogP contribution in [0.3, 0.4) is 0 Å². The molecular weight excluding hydrogens is 248 g/mol. The number of rotatable bonds is 3. The highest BCUT2D eigenvalue weighted by atomic mass is 15.3. The molecule has 20 heavy (non-hydrogen) atoms. The molecule has 1 aliphatic heterocycles. The second-order valence-electron chi connectivity index (χ2n) is 6.83. The summed E-state index contributed by atoms with van der Waals surface area (Å²) >= 11 is 0. The maximum atomic E-state index is 6.04. The van der Waals surface area contributed by atoms with Crippen LogP contribution in [0.1, 0.15) is 32.9 Å². The minimum Gasteiger partial charge on any atom is -0.355 e. The average molecular weight is 272 g/mol. The molecule has 0 aromatic carbocycles. The van der Waals surface area contributed by atoms with Gasteiger partial charge in [0.2, 0.25) is 0 Å². The van der Waals surface area contributed by atoms with Gasteiger partial charge in [0.15, 0.2) is 5.82 Å². The number of nitrogens with zero attached hydrogens (tertiary/aromatic N) is 3. The quantitative estimate of drug-likeness (QED) is 0.933. The number of aromatic nitrogens is 2. The van der Waals surface area contributed by atoms with Gasteiger partial charge in [0.1, 0.15) is 5.65 Å². The molecule has 0 bridgehead atoms. The first-order valence-corrected chi connectivity index (χ1v) is 7.43. The van der Waals surface area contributed by atoms with Crippen molar-refractivity contribution >= 4 is 11.5 Å². The van der Waals surface area contributed by atoms with Gasteiger partial charge in [-0.15, -0.1) is 0 Å². The van der Waals surface area contributed by atoms with Crippen LogP contribution in [0.4, 0.5) is 5.82 Å². The molecule has 1 saturated heterocycles. The Morgan fingerprint density at radius 1 is 1.40 bits per heavy atom. The van der Waals surface area contributed by atoms with Crippen LogP contribution in [-0.2, 0) is 6.42 Å². The Morgan fingerprint density at radius 3 is 2.85 bits per heavy atom. The average Bonchev–Trinajstić information content (AvgIpc) is 2.90. The van der Waals surface area contributed by atoms with E-state index in [0.717, 1.165) is 31.0 Å². The van der Waals surface area contributed by atoms with E-state index in [1.807, 2.05) is 6.07 Å². The molecule has 3 heterocycles. The van der Waals surface area contributed by atoms with Crippen LogP contribution in [0, 0.1) is 5.41 Å². The molecule has 4 heteroatoms. The van der Waals surface area contributed by atoms with Crippen molar-refractivity contribution in [3.8, 4) is 0 Å². The maximum Gasteiger partial charge on any atom is 0.151 e. The van der Waals surface area contributed by atoms with Crippen LogP contribution in [0.25, 0.3) is 5.65 Å². The molecule has 3 rings (SSSR count).